The minimum absolute atomic E-state index is 0. The number of nitrogen functional groups attached to an aromatic ring is 1. The van der Waals surface area contributed by atoms with Gasteiger partial charge in [0.2, 0.25) is 0 Å². The number of para-hydroxylation sites is 1. The molecule has 2 aromatic carbocycles. The number of hydrogen-bond donors (Lipinski definition) is 2. The van der Waals surface area contributed by atoms with E-state index in [1.807, 2.05) is 4.90 Å². The fourth-order valence-electron chi connectivity index (χ4n) is 3.19. The summed E-state index contributed by atoms with van der Waals surface area (Å²) in [5.41, 5.74) is 6.78. The number of carbonyl (C=O) groups excluding carboxylic acids is 1. The lowest BCUT2D eigenvalue weighted by Crippen LogP contribution is -2.47. The second kappa shape index (κ2) is 10.4. The number of nitrogens with two attached hydrogens (primary N) is 1. The highest BCUT2D eigenvalue weighted by Gasteiger charge is 2.24. The van der Waals surface area contributed by atoms with Crippen LogP contribution in [0.1, 0.15) is 28.8 Å². The van der Waals surface area contributed by atoms with E-state index in [4.69, 9.17) is 5.73 Å². The number of benzene rings is 2. The molecule has 0 bridgehead atoms. The van der Waals surface area contributed by atoms with Gasteiger partial charge in [-0.05, 0) is 43.7 Å². The average Bonchev–Trinajstić information content (AvgIpc) is 2.59. The first-order valence-corrected chi connectivity index (χ1v) is 8.35. The first-order valence-electron chi connectivity index (χ1n) is 8.35. The standard InChI is InChI=1S/C19H21F2N3O.2ClH/c20-16-7-3-8-17(21)15(16)12-24-10-4-5-13(11-24)23-19(25)14-6-1-2-9-18(14)22;;/h1-3,6-9,13H,4-5,10-12,22H2,(H,23,25);2*1H. The summed E-state index contributed by atoms with van der Waals surface area (Å²) < 4.78 is 27.7. The minimum atomic E-state index is -0.539. The number of anilines is 1. The highest BCUT2D eigenvalue weighted by molar-refractivity contribution is 5.99. The van der Waals surface area contributed by atoms with Crippen molar-refractivity contribution in [2.45, 2.75) is 25.4 Å². The van der Waals surface area contributed by atoms with E-state index in [1.54, 1.807) is 24.3 Å². The summed E-state index contributed by atoms with van der Waals surface area (Å²) in [5.74, 6) is -1.30. The van der Waals surface area contributed by atoms with Crippen LogP contribution in [0.2, 0.25) is 0 Å². The van der Waals surface area contributed by atoms with Gasteiger partial charge in [0, 0.05) is 30.4 Å². The van der Waals surface area contributed by atoms with Crippen molar-refractivity contribution >= 4 is 36.4 Å². The smallest absolute Gasteiger partial charge is 0.253 e. The second-order valence-electron chi connectivity index (χ2n) is 6.34. The van der Waals surface area contributed by atoms with Gasteiger partial charge in [0.25, 0.3) is 5.91 Å². The molecular weight excluding hydrogens is 395 g/mol. The lowest BCUT2D eigenvalue weighted by molar-refractivity contribution is 0.0900. The molecule has 1 fully saturated rings. The maximum Gasteiger partial charge on any atom is 0.253 e. The zero-order valence-corrected chi connectivity index (χ0v) is 16.3. The number of likely N-dealkylation sites (tertiary alicyclic amines) is 1. The number of rotatable bonds is 4. The number of carbonyl (C=O) groups is 1. The van der Waals surface area contributed by atoms with Crippen LogP contribution >= 0.6 is 24.8 Å². The normalized spacial score (nSPS) is 16.7. The molecular formula is C19H23Cl2F2N3O. The number of piperidine rings is 1. The van der Waals surface area contributed by atoms with Crippen molar-refractivity contribution in [3.05, 3.63) is 65.2 Å². The molecule has 0 radical (unpaired) electrons. The molecule has 8 heteroatoms. The molecule has 1 atom stereocenters. The molecule has 1 saturated heterocycles. The van der Waals surface area contributed by atoms with Crippen LogP contribution in [0.4, 0.5) is 14.5 Å². The van der Waals surface area contributed by atoms with Gasteiger partial charge in [-0.2, -0.15) is 0 Å². The molecule has 2 aromatic rings. The average molecular weight is 418 g/mol. The third-order valence-corrected chi connectivity index (χ3v) is 4.49. The molecule has 1 unspecified atom stereocenters. The fourth-order valence-corrected chi connectivity index (χ4v) is 3.19. The monoisotopic (exact) mass is 417 g/mol. The van der Waals surface area contributed by atoms with Crippen molar-refractivity contribution in [1.29, 1.82) is 0 Å². The minimum Gasteiger partial charge on any atom is -0.398 e. The van der Waals surface area contributed by atoms with Gasteiger partial charge in [-0.1, -0.05) is 18.2 Å². The molecule has 1 aliphatic heterocycles. The second-order valence-corrected chi connectivity index (χ2v) is 6.34. The van der Waals surface area contributed by atoms with E-state index >= 15 is 0 Å². The van der Waals surface area contributed by atoms with E-state index in [9.17, 15) is 13.6 Å². The van der Waals surface area contributed by atoms with Gasteiger partial charge in [-0.3, -0.25) is 9.69 Å². The lowest BCUT2D eigenvalue weighted by atomic mass is 10.0. The van der Waals surface area contributed by atoms with Crippen LogP contribution in [0.25, 0.3) is 0 Å². The molecule has 0 spiro atoms. The summed E-state index contributed by atoms with van der Waals surface area (Å²) in [7, 11) is 0. The van der Waals surface area contributed by atoms with Crippen LogP contribution in [0, 0.1) is 11.6 Å². The SMILES string of the molecule is Cl.Cl.Nc1ccccc1C(=O)NC1CCCN(Cc2c(F)cccc2F)C1. The van der Waals surface area contributed by atoms with Crippen molar-refractivity contribution in [3.63, 3.8) is 0 Å². The Bertz CT molecular complexity index is 756. The van der Waals surface area contributed by atoms with Crippen LogP contribution in [0.15, 0.2) is 42.5 Å². The molecule has 1 aliphatic rings. The lowest BCUT2D eigenvalue weighted by Gasteiger charge is -2.33. The van der Waals surface area contributed by atoms with Gasteiger partial charge in [-0.15, -0.1) is 24.8 Å². The molecule has 148 valence electrons. The highest BCUT2D eigenvalue weighted by atomic mass is 35.5. The Labute approximate surface area is 169 Å². The van der Waals surface area contributed by atoms with Crippen molar-refractivity contribution in [2.24, 2.45) is 0 Å². The van der Waals surface area contributed by atoms with Crippen LogP contribution in [0.5, 0.6) is 0 Å². The van der Waals surface area contributed by atoms with E-state index in [0.29, 0.717) is 17.8 Å². The van der Waals surface area contributed by atoms with Crippen LogP contribution < -0.4 is 11.1 Å². The number of amides is 1. The predicted octanol–water partition coefficient (Wildman–Crippen LogP) is 3.79. The fraction of sp³-hybridized carbons (Fsp3) is 0.316. The van der Waals surface area contributed by atoms with Crippen molar-refractivity contribution in [1.82, 2.24) is 10.2 Å². The maximum absolute atomic E-state index is 13.8. The molecule has 1 amide bonds. The number of nitrogens with zero attached hydrogens (tertiary/aromatic N) is 1. The summed E-state index contributed by atoms with van der Waals surface area (Å²) in [4.78, 5) is 14.3. The topological polar surface area (TPSA) is 58.4 Å². The Balaban J connectivity index is 0.00000182. The summed E-state index contributed by atoms with van der Waals surface area (Å²) in [5, 5.41) is 2.97. The van der Waals surface area contributed by atoms with Crippen LogP contribution in [-0.4, -0.2) is 29.9 Å². The van der Waals surface area contributed by atoms with Crippen molar-refractivity contribution < 1.29 is 13.6 Å². The summed E-state index contributed by atoms with van der Waals surface area (Å²) in [6.45, 7) is 1.48. The Kier molecular flexibility index (Phi) is 8.96. The van der Waals surface area contributed by atoms with Crippen LogP contribution in [-0.2, 0) is 6.54 Å². The Morgan fingerprint density at radius 3 is 2.44 bits per heavy atom. The molecule has 3 rings (SSSR count). The zero-order chi connectivity index (χ0) is 17.8. The zero-order valence-electron chi connectivity index (χ0n) is 14.7. The first kappa shape index (κ1) is 23.1. The molecule has 0 aromatic heterocycles. The van der Waals surface area contributed by atoms with E-state index in [0.717, 1.165) is 19.4 Å². The highest BCUT2D eigenvalue weighted by Crippen LogP contribution is 2.19. The molecule has 1 heterocycles. The third-order valence-electron chi connectivity index (χ3n) is 4.49. The molecule has 0 saturated carbocycles. The maximum atomic E-state index is 13.8. The van der Waals surface area contributed by atoms with Gasteiger partial charge in [0.05, 0.1) is 5.56 Å². The van der Waals surface area contributed by atoms with Gasteiger partial charge in [0.1, 0.15) is 11.6 Å². The Morgan fingerprint density at radius 1 is 1.11 bits per heavy atom. The molecule has 0 aliphatic carbocycles. The van der Waals surface area contributed by atoms with E-state index in [-0.39, 0.29) is 48.9 Å². The number of halogens is 4. The van der Waals surface area contributed by atoms with E-state index < -0.39 is 11.6 Å². The van der Waals surface area contributed by atoms with Gasteiger partial charge < -0.3 is 11.1 Å². The number of hydrogen-bond acceptors (Lipinski definition) is 3. The molecule has 27 heavy (non-hydrogen) atoms. The third kappa shape index (κ3) is 5.79. The molecule has 4 nitrogen and oxygen atoms in total. The van der Waals surface area contributed by atoms with E-state index in [2.05, 4.69) is 5.32 Å². The van der Waals surface area contributed by atoms with Gasteiger partial charge in [-0.25, -0.2) is 8.78 Å². The summed E-state index contributed by atoms with van der Waals surface area (Å²) in [6, 6.07) is 10.7. The molecule has 3 N–H and O–H groups in total. The summed E-state index contributed by atoms with van der Waals surface area (Å²) in [6.07, 6.45) is 1.68. The Hall–Kier alpha value is -1.89. The quantitative estimate of drug-likeness (QED) is 0.743. The summed E-state index contributed by atoms with van der Waals surface area (Å²) >= 11 is 0. The predicted molar refractivity (Wildman–Crippen MR) is 107 cm³/mol. The van der Waals surface area contributed by atoms with E-state index in [1.165, 1.54) is 18.2 Å². The van der Waals surface area contributed by atoms with Gasteiger partial charge in [0.15, 0.2) is 0 Å². The van der Waals surface area contributed by atoms with Crippen molar-refractivity contribution in [3.8, 4) is 0 Å². The number of nitrogens with one attached hydrogen (secondary N) is 1. The van der Waals surface area contributed by atoms with Crippen LogP contribution in [0.3, 0.4) is 0 Å². The Morgan fingerprint density at radius 2 is 1.78 bits per heavy atom. The first-order chi connectivity index (χ1) is 12.0. The van der Waals surface area contributed by atoms with Gasteiger partial charge >= 0.3 is 0 Å². The van der Waals surface area contributed by atoms with Crippen molar-refractivity contribution in [2.75, 3.05) is 18.8 Å². The largest absolute Gasteiger partial charge is 0.398 e.